The van der Waals surface area contributed by atoms with Crippen LogP contribution in [-0.2, 0) is 22.3 Å². The molecule has 2 fully saturated rings. The smallest absolute Gasteiger partial charge is 0.356 e. The van der Waals surface area contributed by atoms with Gasteiger partial charge in [0.1, 0.15) is 0 Å². The SMILES string of the molecule is O=C(NCC1CC1)[C@@H]1CCC(=O)N(Cc2cccc(C(F)(F)F)c2)C1. The van der Waals surface area contributed by atoms with Crippen LogP contribution >= 0.6 is 0 Å². The van der Waals surface area contributed by atoms with Crippen molar-refractivity contribution in [2.45, 2.75) is 38.4 Å². The first-order chi connectivity index (χ1) is 11.8. The minimum atomic E-state index is -4.41. The number of likely N-dealkylation sites (tertiary alicyclic amines) is 1. The number of amides is 2. The van der Waals surface area contributed by atoms with Gasteiger partial charge in [-0.25, -0.2) is 0 Å². The molecule has 1 aliphatic carbocycles. The number of hydrogen-bond donors (Lipinski definition) is 1. The Morgan fingerprint density at radius 3 is 2.68 bits per heavy atom. The van der Waals surface area contributed by atoms with Gasteiger partial charge in [-0.3, -0.25) is 9.59 Å². The zero-order valence-electron chi connectivity index (χ0n) is 13.8. The molecule has 1 saturated carbocycles. The monoisotopic (exact) mass is 354 g/mol. The van der Waals surface area contributed by atoms with E-state index in [1.165, 1.54) is 11.0 Å². The molecule has 2 amide bonds. The molecule has 1 heterocycles. The molecule has 1 atom stereocenters. The van der Waals surface area contributed by atoms with E-state index in [9.17, 15) is 22.8 Å². The molecule has 1 aromatic rings. The zero-order chi connectivity index (χ0) is 18.0. The lowest BCUT2D eigenvalue weighted by molar-refractivity contribution is -0.139. The number of piperidine rings is 1. The van der Waals surface area contributed by atoms with Crippen LogP contribution < -0.4 is 5.32 Å². The van der Waals surface area contributed by atoms with Crippen molar-refractivity contribution in [1.82, 2.24) is 10.2 Å². The molecule has 0 spiro atoms. The largest absolute Gasteiger partial charge is 0.416 e. The third kappa shape index (κ3) is 4.74. The van der Waals surface area contributed by atoms with Crippen LogP contribution in [-0.4, -0.2) is 29.8 Å². The van der Waals surface area contributed by atoms with Gasteiger partial charge in [-0.15, -0.1) is 0 Å². The number of carbonyl (C=O) groups is 2. The van der Waals surface area contributed by atoms with Crippen molar-refractivity contribution in [3.63, 3.8) is 0 Å². The number of carbonyl (C=O) groups excluding carboxylic acids is 2. The summed E-state index contributed by atoms with van der Waals surface area (Å²) in [5.74, 6) is 0.106. The molecule has 7 heteroatoms. The Kier molecular flexibility index (Phi) is 5.01. The number of rotatable bonds is 5. The van der Waals surface area contributed by atoms with Crippen molar-refractivity contribution >= 4 is 11.8 Å². The maximum Gasteiger partial charge on any atom is 0.416 e. The van der Waals surface area contributed by atoms with Crippen LogP contribution in [0.15, 0.2) is 24.3 Å². The lowest BCUT2D eigenvalue weighted by Gasteiger charge is -2.32. The molecule has 0 bridgehead atoms. The molecule has 4 nitrogen and oxygen atoms in total. The van der Waals surface area contributed by atoms with Crippen molar-refractivity contribution in [2.75, 3.05) is 13.1 Å². The summed E-state index contributed by atoms with van der Waals surface area (Å²) in [5.41, 5.74) is -0.310. The van der Waals surface area contributed by atoms with E-state index in [1.807, 2.05) is 0 Å². The van der Waals surface area contributed by atoms with Crippen LogP contribution in [0.4, 0.5) is 13.2 Å². The molecule has 1 saturated heterocycles. The van der Waals surface area contributed by atoms with Gasteiger partial charge in [0.25, 0.3) is 0 Å². The summed E-state index contributed by atoms with van der Waals surface area (Å²) >= 11 is 0. The van der Waals surface area contributed by atoms with Crippen molar-refractivity contribution in [1.29, 1.82) is 0 Å². The Bertz CT molecular complexity index is 656. The minimum absolute atomic E-state index is 0.0616. The number of benzene rings is 1. The van der Waals surface area contributed by atoms with E-state index in [2.05, 4.69) is 5.32 Å². The van der Waals surface area contributed by atoms with Crippen LogP contribution in [0.1, 0.15) is 36.8 Å². The predicted molar refractivity (Wildman–Crippen MR) is 85.3 cm³/mol. The highest BCUT2D eigenvalue weighted by molar-refractivity contribution is 5.83. The highest BCUT2D eigenvalue weighted by Crippen LogP contribution is 2.30. The van der Waals surface area contributed by atoms with Gasteiger partial charge in [0.15, 0.2) is 0 Å². The summed E-state index contributed by atoms with van der Waals surface area (Å²) in [4.78, 5) is 25.8. The molecule has 3 rings (SSSR count). The highest BCUT2D eigenvalue weighted by Gasteiger charge is 2.33. The van der Waals surface area contributed by atoms with Gasteiger partial charge in [0.05, 0.1) is 11.5 Å². The Morgan fingerprint density at radius 2 is 2.00 bits per heavy atom. The number of nitrogens with zero attached hydrogens (tertiary/aromatic N) is 1. The van der Waals surface area contributed by atoms with E-state index < -0.39 is 11.7 Å². The van der Waals surface area contributed by atoms with Gasteiger partial charge in [0, 0.05) is 26.1 Å². The average Bonchev–Trinajstić information content (AvgIpc) is 3.38. The quantitative estimate of drug-likeness (QED) is 0.884. The number of halogens is 3. The third-order valence-corrected chi connectivity index (χ3v) is 4.76. The summed E-state index contributed by atoms with van der Waals surface area (Å²) in [6.45, 7) is 1.03. The maximum atomic E-state index is 12.8. The second-order valence-corrected chi connectivity index (χ2v) is 6.90. The summed E-state index contributed by atoms with van der Waals surface area (Å²) in [6, 6.07) is 4.98. The summed E-state index contributed by atoms with van der Waals surface area (Å²) in [6.07, 6.45) is -1.38. The molecule has 0 aromatic heterocycles. The molecule has 0 unspecified atom stereocenters. The van der Waals surface area contributed by atoms with E-state index in [1.54, 1.807) is 6.07 Å². The number of alkyl halides is 3. The Labute approximate surface area is 144 Å². The van der Waals surface area contributed by atoms with Gasteiger partial charge < -0.3 is 10.2 Å². The fourth-order valence-electron chi connectivity index (χ4n) is 3.06. The molecule has 0 radical (unpaired) electrons. The van der Waals surface area contributed by atoms with Crippen LogP contribution in [0.5, 0.6) is 0 Å². The first-order valence-electron chi connectivity index (χ1n) is 8.54. The van der Waals surface area contributed by atoms with Crippen LogP contribution in [0.3, 0.4) is 0 Å². The van der Waals surface area contributed by atoms with Crippen molar-refractivity contribution < 1.29 is 22.8 Å². The van der Waals surface area contributed by atoms with Crippen molar-refractivity contribution in [2.24, 2.45) is 11.8 Å². The summed E-state index contributed by atoms with van der Waals surface area (Å²) < 4.78 is 38.4. The fourth-order valence-corrected chi connectivity index (χ4v) is 3.06. The standard InChI is InChI=1S/C18H21F3N2O2/c19-18(20,21)15-3-1-2-13(8-15)10-23-11-14(6-7-16(23)24)17(25)22-9-12-4-5-12/h1-3,8,12,14H,4-7,9-11H2,(H,22,25)/t14-/m1/s1. The molecular formula is C18H21F3N2O2. The lowest BCUT2D eigenvalue weighted by atomic mass is 9.96. The number of nitrogens with one attached hydrogen (secondary N) is 1. The van der Waals surface area contributed by atoms with Crippen LogP contribution in [0.25, 0.3) is 0 Å². The Morgan fingerprint density at radius 1 is 1.24 bits per heavy atom. The molecule has 2 aliphatic rings. The fraction of sp³-hybridized carbons (Fsp3) is 0.556. The second-order valence-electron chi connectivity index (χ2n) is 6.90. The molecule has 1 aliphatic heterocycles. The van der Waals surface area contributed by atoms with Crippen LogP contribution in [0, 0.1) is 11.8 Å². The lowest BCUT2D eigenvalue weighted by Crippen LogP contribution is -2.45. The van der Waals surface area contributed by atoms with Crippen LogP contribution in [0.2, 0.25) is 0 Å². The third-order valence-electron chi connectivity index (χ3n) is 4.76. The van der Waals surface area contributed by atoms with Gasteiger partial charge in [-0.05, 0) is 42.9 Å². The van der Waals surface area contributed by atoms with E-state index in [0.717, 1.165) is 25.0 Å². The first-order valence-corrected chi connectivity index (χ1v) is 8.54. The summed E-state index contributed by atoms with van der Waals surface area (Å²) in [5, 5.41) is 2.92. The second kappa shape index (κ2) is 7.06. The molecule has 1 aromatic carbocycles. The molecule has 25 heavy (non-hydrogen) atoms. The van der Waals surface area contributed by atoms with E-state index in [-0.39, 0.29) is 37.2 Å². The van der Waals surface area contributed by atoms with Crippen molar-refractivity contribution in [3.8, 4) is 0 Å². The minimum Gasteiger partial charge on any atom is -0.356 e. The van der Waals surface area contributed by atoms with E-state index in [0.29, 0.717) is 24.4 Å². The van der Waals surface area contributed by atoms with Gasteiger partial charge in [-0.1, -0.05) is 12.1 Å². The average molecular weight is 354 g/mol. The van der Waals surface area contributed by atoms with Crippen molar-refractivity contribution in [3.05, 3.63) is 35.4 Å². The Hall–Kier alpha value is -2.05. The van der Waals surface area contributed by atoms with Gasteiger partial charge >= 0.3 is 6.18 Å². The highest BCUT2D eigenvalue weighted by atomic mass is 19.4. The maximum absolute atomic E-state index is 12.8. The first kappa shape index (κ1) is 17.8. The molecule has 136 valence electrons. The normalized spacial score (nSPS) is 21.3. The van der Waals surface area contributed by atoms with E-state index >= 15 is 0 Å². The van der Waals surface area contributed by atoms with Gasteiger partial charge in [0.2, 0.25) is 11.8 Å². The predicted octanol–water partition coefficient (Wildman–Crippen LogP) is 2.97. The topological polar surface area (TPSA) is 49.4 Å². The van der Waals surface area contributed by atoms with Gasteiger partial charge in [-0.2, -0.15) is 13.2 Å². The summed E-state index contributed by atoms with van der Waals surface area (Å²) in [7, 11) is 0. The molecular weight excluding hydrogens is 333 g/mol. The molecule has 1 N–H and O–H groups in total. The van der Waals surface area contributed by atoms with E-state index in [4.69, 9.17) is 0 Å². The zero-order valence-corrected chi connectivity index (χ0v) is 13.8. The number of hydrogen-bond acceptors (Lipinski definition) is 2. The Balaban J connectivity index is 1.62.